The number of unbranched alkanes of at least 4 members (excludes halogenated alkanes) is 7. The average Bonchev–Trinajstić information content (AvgIpc) is 2.56. The van der Waals surface area contributed by atoms with E-state index in [1.807, 2.05) is 20.8 Å². The van der Waals surface area contributed by atoms with Gasteiger partial charge in [-0.2, -0.15) is 0 Å². The maximum atomic E-state index is 6.85. The molecule has 0 heterocycles. The maximum Gasteiger partial charge on any atom is 0.500 e. The summed E-state index contributed by atoms with van der Waals surface area (Å²) >= 11 is 0. The van der Waals surface area contributed by atoms with E-state index in [0.29, 0.717) is 19.8 Å². The molecule has 0 saturated carbocycles. The van der Waals surface area contributed by atoms with E-state index in [4.69, 9.17) is 17.4 Å². The Bertz CT molecular complexity index is 362. The normalized spacial score (nSPS) is 13.3. The molecule has 0 fully saturated rings. The lowest BCUT2D eigenvalue weighted by Crippen LogP contribution is -2.55. The van der Waals surface area contributed by atoms with E-state index in [-0.39, 0.29) is 0 Å². The Balaban J connectivity index is 4.51. The highest BCUT2D eigenvalue weighted by Crippen LogP contribution is 2.29. The zero-order valence-corrected chi connectivity index (χ0v) is 23.3. The van der Waals surface area contributed by atoms with Gasteiger partial charge in [0.05, 0.1) is 0 Å². The van der Waals surface area contributed by atoms with Crippen LogP contribution in [0.2, 0.25) is 37.9 Å². The van der Waals surface area contributed by atoms with Crippen molar-refractivity contribution in [3.05, 3.63) is 0 Å². The van der Waals surface area contributed by atoms with Crippen LogP contribution in [0.4, 0.5) is 0 Å². The summed E-state index contributed by atoms with van der Waals surface area (Å²) in [5, 5.41) is 0. The van der Waals surface area contributed by atoms with Gasteiger partial charge in [-0.25, -0.2) is 0 Å². The predicted octanol–water partition coefficient (Wildman–Crippen LogP) is 7.14. The van der Waals surface area contributed by atoms with E-state index in [2.05, 4.69) is 33.1 Å². The van der Waals surface area contributed by atoms with Crippen LogP contribution in [0.5, 0.6) is 0 Å². The van der Waals surface area contributed by atoms with Gasteiger partial charge in [-0.15, -0.1) is 0 Å². The van der Waals surface area contributed by atoms with Crippen LogP contribution in [0, 0.1) is 0 Å². The second-order valence-electron chi connectivity index (χ2n) is 9.01. The molecule has 0 radical (unpaired) electrons. The molecule has 0 saturated heterocycles. The Morgan fingerprint density at radius 1 is 0.536 bits per heavy atom. The second kappa shape index (κ2) is 15.3. The summed E-state index contributed by atoms with van der Waals surface area (Å²) in [4.78, 5) is 0. The van der Waals surface area contributed by atoms with Gasteiger partial charge in [-0.3, -0.25) is 0 Å². The van der Waals surface area contributed by atoms with Crippen molar-refractivity contribution in [2.75, 3.05) is 19.8 Å². The topological polar surface area (TPSA) is 36.9 Å². The minimum Gasteiger partial charge on any atom is -0.455 e. The molecule has 4 nitrogen and oxygen atoms in total. The van der Waals surface area contributed by atoms with Crippen molar-refractivity contribution in [3.63, 3.8) is 0 Å². The van der Waals surface area contributed by atoms with Crippen LogP contribution < -0.4 is 0 Å². The number of rotatable bonds is 19. The molecule has 28 heavy (non-hydrogen) atoms. The first-order valence-electron chi connectivity index (χ1n) is 11.8. The Kier molecular flexibility index (Phi) is 15.6. The first-order valence-corrected chi connectivity index (χ1v) is 19.9. The molecule has 0 unspecified atom stereocenters. The van der Waals surface area contributed by atoms with Crippen molar-refractivity contribution in [1.82, 2.24) is 0 Å². The van der Waals surface area contributed by atoms with Crippen LogP contribution in [0.15, 0.2) is 0 Å². The van der Waals surface area contributed by atoms with E-state index in [1.165, 1.54) is 57.4 Å². The highest BCUT2D eigenvalue weighted by Gasteiger charge is 2.48. The Labute approximate surface area is 179 Å². The minimum atomic E-state index is -2.63. The van der Waals surface area contributed by atoms with Crippen LogP contribution in [-0.2, 0) is 17.4 Å². The fourth-order valence-corrected chi connectivity index (χ4v) is 19.4. The van der Waals surface area contributed by atoms with Crippen molar-refractivity contribution >= 4 is 25.4 Å². The smallest absolute Gasteiger partial charge is 0.455 e. The second-order valence-corrected chi connectivity index (χ2v) is 21.0. The lowest BCUT2D eigenvalue weighted by molar-refractivity contribution is 0.0748. The van der Waals surface area contributed by atoms with E-state index in [1.54, 1.807) is 0 Å². The molecule has 0 amide bonds. The van der Waals surface area contributed by atoms with Gasteiger partial charge < -0.3 is 17.4 Å². The van der Waals surface area contributed by atoms with Gasteiger partial charge in [0.25, 0.3) is 0 Å². The Hall–Kier alpha value is 0.491. The lowest BCUT2D eigenvalue weighted by Gasteiger charge is -2.38. The summed E-state index contributed by atoms with van der Waals surface area (Å²) in [7, 11) is -6.23. The first kappa shape index (κ1) is 28.5. The van der Waals surface area contributed by atoms with Crippen LogP contribution in [-0.4, -0.2) is 45.3 Å². The van der Waals surface area contributed by atoms with Gasteiger partial charge in [0.1, 0.15) is 0 Å². The standard InChI is InChI=1S/C21H50O4Si3/c1-9-13-14-15-16-17-18-19-20-26(5,6)25-27(7,8)21-28(22-10-2,23-11-3)24-12-4/h9-21H2,1-8H3. The van der Waals surface area contributed by atoms with Crippen molar-refractivity contribution in [3.8, 4) is 0 Å². The molecule has 0 aliphatic rings. The van der Waals surface area contributed by atoms with Crippen molar-refractivity contribution < 1.29 is 17.4 Å². The summed E-state index contributed by atoms with van der Waals surface area (Å²) in [6, 6.07) is 1.25. The largest absolute Gasteiger partial charge is 0.500 e. The molecule has 0 aliphatic carbocycles. The quantitative estimate of drug-likeness (QED) is 0.155. The van der Waals surface area contributed by atoms with Gasteiger partial charge in [-0.05, 0) is 53.0 Å². The highest BCUT2D eigenvalue weighted by molar-refractivity contribution is 6.91. The molecular formula is C21H50O4Si3. The highest BCUT2D eigenvalue weighted by atomic mass is 28.5. The fourth-order valence-electron chi connectivity index (χ4n) is 3.98. The van der Waals surface area contributed by atoms with Gasteiger partial charge in [0.2, 0.25) is 0 Å². The van der Waals surface area contributed by atoms with E-state index >= 15 is 0 Å². The van der Waals surface area contributed by atoms with Gasteiger partial charge in [0, 0.05) is 25.5 Å². The average molecular weight is 451 g/mol. The van der Waals surface area contributed by atoms with Crippen LogP contribution >= 0.6 is 0 Å². The lowest BCUT2D eigenvalue weighted by atomic mass is 10.1. The van der Waals surface area contributed by atoms with Crippen LogP contribution in [0.3, 0.4) is 0 Å². The Morgan fingerprint density at radius 3 is 1.39 bits per heavy atom. The van der Waals surface area contributed by atoms with E-state index < -0.39 is 25.4 Å². The molecule has 0 aromatic carbocycles. The summed E-state index contributed by atoms with van der Waals surface area (Å²) in [5.41, 5.74) is 0.851. The zero-order valence-electron chi connectivity index (χ0n) is 20.3. The molecule has 0 aliphatic heterocycles. The van der Waals surface area contributed by atoms with Crippen molar-refractivity contribution in [2.24, 2.45) is 0 Å². The van der Waals surface area contributed by atoms with E-state index in [9.17, 15) is 0 Å². The summed E-state index contributed by atoms with van der Waals surface area (Å²) in [5.74, 6) is 0. The molecule has 0 N–H and O–H groups in total. The molecule has 170 valence electrons. The molecule has 0 bridgehead atoms. The minimum absolute atomic E-state index is 0.635. The molecule has 0 rings (SSSR count). The van der Waals surface area contributed by atoms with Gasteiger partial charge >= 0.3 is 8.80 Å². The van der Waals surface area contributed by atoms with Crippen molar-refractivity contribution in [2.45, 2.75) is 117 Å². The molecule has 7 heteroatoms. The van der Waals surface area contributed by atoms with Crippen LogP contribution in [0.25, 0.3) is 0 Å². The van der Waals surface area contributed by atoms with Crippen LogP contribution in [0.1, 0.15) is 79.1 Å². The summed E-state index contributed by atoms with van der Waals surface area (Å²) < 4.78 is 25.1. The number of hydrogen-bond acceptors (Lipinski definition) is 4. The molecule has 0 atom stereocenters. The third kappa shape index (κ3) is 13.7. The number of hydrogen-bond donors (Lipinski definition) is 0. The van der Waals surface area contributed by atoms with E-state index in [0.717, 1.165) is 5.67 Å². The molecular weight excluding hydrogens is 400 g/mol. The SMILES string of the molecule is CCCCCCCCCC[Si](C)(C)O[Si](C)(C)C[Si](OCC)(OCC)OCC. The fraction of sp³-hybridized carbons (Fsp3) is 1.00. The predicted molar refractivity (Wildman–Crippen MR) is 129 cm³/mol. The third-order valence-electron chi connectivity index (χ3n) is 4.92. The summed E-state index contributed by atoms with van der Waals surface area (Å²) in [6.07, 6.45) is 11.0. The molecule has 0 spiro atoms. The van der Waals surface area contributed by atoms with Gasteiger partial charge in [-0.1, -0.05) is 58.3 Å². The van der Waals surface area contributed by atoms with Crippen molar-refractivity contribution in [1.29, 1.82) is 0 Å². The molecule has 0 aromatic heterocycles. The third-order valence-corrected chi connectivity index (χ3v) is 18.2. The molecule has 0 aromatic rings. The first-order chi connectivity index (χ1) is 13.2. The monoisotopic (exact) mass is 450 g/mol. The zero-order chi connectivity index (χ0) is 21.5. The maximum absolute atomic E-state index is 6.85. The van der Waals surface area contributed by atoms with Gasteiger partial charge in [0.15, 0.2) is 16.6 Å². The Morgan fingerprint density at radius 2 is 0.964 bits per heavy atom. The summed E-state index contributed by atoms with van der Waals surface area (Å²) in [6.45, 7) is 19.6.